The molecule has 0 unspecified atom stereocenters. The maximum Gasteiger partial charge on any atom is 0.294 e. The highest BCUT2D eigenvalue weighted by Crippen LogP contribution is 2.34. The molecule has 0 bridgehead atoms. The Balaban J connectivity index is 1.46. The number of benzene rings is 2. The lowest BCUT2D eigenvalue weighted by Crippen LogP contribution is -2.40. The van der Waals surface area contributed by atoms with E-state index in [2.05, 4.69) is 22.6 Å². The number of thioether (sulfide) groups is 1. The predicted molar refractivity (Wildman–Crippen MR) is 128 cm³/mol. The minimum atomic E-state index is -0.435. The first kappa shape index (κ1) is 21.9. The summed E-state index contributed by atoms with van der Waals surface area (Å²) in [5, 5.41) is -0.416. The molecule has 160 valence electrons. The number of nitrogens with zero attached hydrogens (tertiary/aromatic N) is 2. The van der Waals surface area contributed by atoms with Crippen molar-refractivity contribution >= 4 is 57.5 Å². The van der Waals surface area contributed by atoms with Crippen molar-refractivity contribution in [1.82, 2.24) is 9.80 Å². The van der Waals surface area contributed by atoms with E-state index in [1.165, 1.54) is 0 Å². The lowest BCUT2D eigenvalue weighted by atomic mass is 10.1. The van der Waals surface area contributed by atoms with Gasteiger partial charge in [0.1, 0.15) is 18.9 Å². The third-order valence-corrected chi connectivity index (χ3v) is 6.77. The summed E-state index contributed by atoms with van der Waals surface area (Å²) in [4.78, 5) is 40.6. The van der Waals surface area contributed by atoms with Crippen LogP contribution in [0.4, 0.5) is 4.79 Å². The first-order valence-corrected chi connectivity index (χ1v) is 11.9. The Morgan fingerprint density at radius 1 is 1.06 bits per heavy atom. The van der Waals surface area contributed by atoms with Crippen LogP contribution in [-0.2, 0) is 16.2 Å². The zero-order chi connectivity index (χ0) is 21.8. The van der Waals surface area contributed by atoms with Crippen LogP contribution in [0.1, 0.15) is 24.0 Å². The van der Waals surface area contributed by atoms with Gasteiger partial charge in [-0.15, -0.1) is 0 Å². The molecule has 3 amide bonds. The van der Waals surface area contributed by atoms with Crippen LogP contribution in [0.25, 0.3) is 6.08 Å². The third-order valence-electron chi connectivity index (χ3n) is 5.14. The SMILES string of the molecule is O=C(CN1C(=O)S/C(=C/c2ccccc2OCc2ccc(I)cc2)C1=O)N1CCCC1. The van der Waals surface area contributed by atoms with E-state index >= 15 is 0 Å². The predicted octanol–water partition coefficient (Wildman–Crippen LogP) is 4.53. The number of carbonyl (C=O) groups is 3. The van der Waals surface area contributed by atoms with E-state index < -0.39 is 11.1 Å². The van der Waals surface area contributed by atoms with Gasteiger partial charge in [-0.25, -0.2) is 0 Å². The van der Waals surface area contributed by atoms with Gasteiger partial charge in [-0.05, 0) is 77.0 Å². The standard InChI is InChI=1S/C23H21IN2O4S/c24-18-9-7-16(8-10-18)15-30-19-6-2-1-5-17(19)13-20-22(28)26(23(29)31-20)14-21(27)25-11-3-4-12-25/h1-2,5-10,13H,3-4,11-12,14-15H2/b20-13+. The Kier molecular flexibility index (Phi) is 6.96. The monoisotopic (exact) mass is 548 g/mol. The van der Waals surface area contributed by atoms with Crippen LogP contribution in [0.5, 0.6) is 5.75 Å². The van der Waals surface area contributed by atoms with E-state index in [9.17, 15) is 14.4 Å². The van der Waals surface area contributed by atoms with Crippen molar-refractivity contribution in [3.05, 3.63) is 68.1 Å². The highest BCUT2D eigenvalue weighted by Gasteiger charge is 2.37. The molecule has 8 heteroatoms. The summed E-state index contributed by atoms with van der Waals surface area (Å²) in [6.07, 6.45) is 3.59. The highest BCUT2D eigenvalue weighted by molar-refractivity contribution is 14.1. The van der Waals surface area contributed by atoms with Gasteiger partial charge in [0, 0.05) is 22.2 Å². The highest BCUT2D eigenvalue weighted by atomic mass is 127. The van der Waals surface area contributed by atoms with Gasteiger partial charge in [0.05, 0.1) is 4.91 Å². The number of halogens is 1. The third kappa shape index (κ3) is 5.30. The smallest absolute Gasteiger partial charge is 0.294 e. The second-order valence-corrected chi connectivity index (χ2v) is 9.55. The van der Waals surface area contributed by atoms with Crippen LogP contribution < -0.4 is 4.74 Å². The number of ether oxygens (including phenoxy) is 1. The topological polar surface area (TPSA) is 66.9 Å². The maximum absolute atomic E-state index is 12.8. The molecule has 2 aliphatic rings. The van der Waals surface area contributed by atoms with E-state index in [1.54, 1.807) is 11.0 Å². The number of hydrogen-bond acceptors (Lipinski definition) is 5. The first-order chi connectivity index (χ1) is 15.0. The molecule has 6 nitrogen and oxygen atoms in total. The molecule has 2 fully saturated rings. The Labute approximate surface area is 198 Å². The summed E-state index contributed by atoms with van der Waals surface area (Å²) in [7, 11) is 0. The molecule has 2 aromatic carbocycles. The number of imide groups is 1. The number of carbonyl (C=O) groups excluding carboxylic acids is 3. The summed E-state index contributed by atoms with van der Waals surface area (Å²) in [5.74, 6) is 0.0123. The van der Waals surface area contributed by atoms with Crippen molar-refractivity contribution in [3.63, 3.8) is 0 Å². The maximum atomic E-state index is 12.8. The van der Waals surface area contributed by atoms with Gasteiger partial charge in [-0.2, -0.15) is 0 Å². The zero-order valence-electron chi connectivity index (χ0n) is 16.8. The lowest BCUT2D eigenvalue weighted by Gasteiger charge is -2.18. The average Bonchev–Trinajstić information content (AvgIpc) is 3.39. The molecule has 0 N–H and O–H groups in total. The molecule has 2 saturated heterocycles. The number of para-hydroxylation sites is 1. The van der Waals surface area contributed by atoms with Crippen LogP contribution in [-0.4, -0.2) is 46.5 Å². The summed E-state index contributed by atoms with van der Waals surface area (Å²) < 4.78 is 7.12. The van der Waals surface area contributed by atoms with Crippen LogP contribution >= 0.6 is 34.4 Å². The second-order valence-electron chi connectivity index (χ2n) is 7.31. The number of hydrogen-bond donors (Lipinski definition) is 0. The Morgan fingerprint density at radius 3 is 2.52 bits per heavy atom. The Hall–Kier alpha value is -2.33. The van der Waals surface area contributed by atoms with Gasteiger partial charge in [0.2, 0.25) is 5.91 Å². The summed E-state index contributed by atoms with van der Waals surface area (Å²) in [5.41, 5.74) is 1.75. The molecule has 4 rings (SSSR count). The Morgan fingerprint density at radius 2 is 1.77 bits per heavy atom. The minimum Gasteiger partial charge on any atom is -0.488 e. The van der Waals surface area contributed by atoms with E-state index in [1.807, 2.05) is 48.5 Å². The molecule has 0 aromatic heterocycles. The van der Waals surface area contributed by atoms with Crippen LogP contribution in [0.2, 0.25) is 0 Å². The fourth-order valence-corrected chi connectivity index (χ4v) is 4.64. The molecule has 31 heavy (non-hydrogen) atoms. The number of rotatable bonds is 6. The summed E-state index contributed by atoms with van der Waals surface area (Å²) in [6, 6.07) is 15.4. The molecule has 0 radical (unpaired) electrons. The largest absolute Gasteiger partial charge is 0.488 e. The zero-order valence-corrected chi connectivity index (χ0v) is 19.7. The second kappa shape index (κ2) is 9.86. The lowest BCUT2D eigenvalue weighted by molar-refractivity contribution is -0.135. The molecule has 0 atom stereocenters. The van der Waals surface area contributed by atoms with Crippen molar-refractivity contribution < 1.29 is 19.1 Å². The first-order valence-electron chi connectivity index (χ1n) is 10.0. The van der Waals surface area contributed by atoms with Crippen molar-refractivity contribution in [1.29, 1.82) is 0 Å². The van der Waals surface area contributed by atoms with Crippen molar-refractivity contribution in [3.8, 4) is 5.75 Å². The van der Waals surface area contributed by atoms with Gasteiger partial charge < -0.3 is 9.64 Å². The quantitative estimate of drug-likeness (QED) is 0.392. The molecular formula is C23H21IN2O4S. The molecule has 2 heterocycles. The van der Waals surface area contributed by atoms with Crippen molar-refractivity contribution in [2.24, 2.45) is 0 Å². The van der Waals surface area contributed by atoms with Crippen LogP contribution in [0.3, 0.4) is 0 Å². The minimum absolute atomic E-state index is 0.178. The van der Waals surface area contributed by atoms with Crippen molar-refractivity contribution in [2.75, 3.05) is 19.6 Å². The molecule has 0 aliphatic carbocycles. The van der Waals surface area contributed by atoms with Gasteiger partial charge in [0.15, 0.2) is 0 Å². The van der Waals surface area contributed by atoms with Gasteiger partial charge in [-0.3, -0.25) is 19.3 Å². The van der Waals surface area contributed by atoms with Crippen LogP contribution in [0.15, 0.2) is 53.4 Å². The van der Waals surface area contributed by atoms with Gasteiger partial charge >= 0.3 is 0 Å². The van der Waals surface area contributed by atoms with E-state index in [0.717, 1.165) is 38.6 Å². The molecule has 2 aliphatic heterocycles. The molecule has 0 saturated carbocycles. The van der Waals surface area contributed by atoms with Crippen LogP contribution in [0, 0.1) is 3.57 Å². The summed E-state index contributed by atoms with van der Waals surface area (Å²) in [6.45, 7) is 1.58. The fraction of sp³-hybridized carbons (Fsp3) is 0.261. The van der Waals surface area contributed by atoms with E-state index in [-0.39, 0.29) is 12.5 Å². The molecular weight excluding hydrogens is 527 g/mol. The van der Waals surface area contributed by atoms with E-state index in [4.69, 9.17) is 4.74 Å². The fourth-order valence-electron chi connectivity index (χ4n) is 3.45. The number of likely N-dealkylation sites (tertiary alicyclic amines) is 1. The van der Waals surface area contributed by atoms with Gasteiger partial charge in [0.25, 0.3) is 11.1 Å². The average molecular weight is 548 g/mol. The number of amides is 3. The van der Waals surface area contributed by atoms with E-state index in [0.29, 0.717) is 35.9 Å². The Bertz CT molecular complexity index is 1030. The normalized spacial score (nSPS) is 17.6. The molecule has 0 spiro atoms. The molecule has 2 aromatic rings. The van der Waals surface area contributed by atoms with Gasteiger partial charge in [-0.1, -0.05) is 30.3 Å². The van der Waals surface area contributed by atoms with Crippen molar-refractivity contribution in [2.45, 2.75) is 19.4 Å². The summed E-state index contributed by atoms with van der Waals surface area (Å²) >= 11 is 3.11.